The predicted octanol–water partition coefficient (Wildman–Crippen LogP) is 4.28. The van der Waals surface area contributed by atoms with Gasteiger partial charge in [-0.1, -0.05) is 83.8 Å². The second kappa shape index (κ2) is 11.1. The topological polar surface area (TPSA) is 110 Å². The van der Waals surface area contributed by atoms with Gasteiger partial charge < -0.3 is 15.4 Å². The van der Waals surface area contributed by atoms with Crippen molar-refractivity contribution >= 4 is 51.2 Å². The average molecular weight is 495 g/mol. The van der Waals surface area contributed by atoms with Crippen LogP contribution < -0.4 is 10.6 Å². The van der Waals surface area contributed by atoms with Gasteiger partial charge in [-0.2, -0.15) is 0 Å². The van der Waals surface area contributed by atoms with Gasteiger partial charge in [0.1, 0.15) is 4.88 Å². The quantitative estimate of drug-likeness (QED) is 0.475. The molecule has 0 fully saturated rings. The number of hydrogen-bond acceptors (Lipinski definition) is 8. The number of carbonyl (C=O) groups is 3. The van der Waals surface area contributed by atoms with Gasteiger partial charge in [0.2, 0.25) is 11.8 Å². The van der Waals surface area contributed by atoms with E-state index in [9.17, 15) is 14.4 Å². The van der Waals surface area contributed by atoms with Gasteiger partial charge in [0.15, 0.2) is 10.3 Å². The van der Waals surface area contributed by atoms with E-state index in [0.717, 1.165) is 34.2 Å². The van der Waals surface area contributed by atoms with E-state index in [1.807, 2.05) is 60.7 Å². The standard InChI is InChI=1S/C24H22N4O4S2/c1-2-32-22(31)21-20(16-11-7-4-8-12-16)28-24(34-21)27-19(30)14-33-23-25-17(13-18(29)26-23)15-9-5-3-6-10-15/h3-12,17H,2,13-14H2,1H3,(H,25,26,29)(H,27,28,30). The molecule has 174 valence electrons. The van der Waals surface area contributed by atoms with Gasteiger partial charge in [-0.3, -0.25) is 14.6 Å². The summed E-state index contributed by atoms with van der Waals surface area (Å²) < 4.78 is 5.15. The number of anilines is 1. The molecule has 2 aromatic carbocycles. The minimum atomic E-state index is -0.486. The molecule has 0 radical (unpaired) electrons. The normalized spacial score (nSPS) is 15.3. The Morgan fingerprint density at radius 2 is 1.85 bits per heavy atom. The first kappa shape index (κ1) is 23.7. The first-order valence-corrected chi connectivity index (χ1v) is 12.4. The largest absolute Gasteiger partial charge is 0.462 e. The zero-order valence-electron chi connectivity index (χ0n) is 18.3. The predicted molar refractivity (Wildman–Crippen MR) is 134 cm³/mol. The van der Waals surface area contributed by atoms with E-state index in [2.05, 4.69) is 20.6 Å². The number of thiazole rings is 1. The van der Waals surface area contributed by atoms with Crippen molar-refractivity contribution in [3.05, 3.63) is 71.1 Å². The van der Waals surface area contributed by atoms with E-state index in [1.165, 1.54) is 0 Å². The van der Waals surface area contributed by atoms with Gasteiger partial charge >= 0.3 is 5.97 Å². The Hall–Kier alpha value is -3.50. The van der Waals surface area contributed by atoms with E-state index in [4.69, 9.17) is 4.74 Å². The molecule has 10 heteroatoms. The maximum Gasteiger partial charge on any atom is 0.350 e. The lowest BCUT2D eigenvalue weighted by molar-refractivity contribution is -0.120. The summed E-state index contributed by atoms with van der Waals surface area (Å²) in [6.45, 7) is 1.97. The molecule has 1 atom stereocenters. The fourth-order valence-electron chi connectivity index (χ4n) is 3.30. The molecule has 0 saturated carbocycles. The summed E-state index contributed by atoms with van der Waals surface area (Å²) in [6.07, 6.45) is 0.262. The maximum atomic E-state index is 12.6. The molecular formula is C24H22N4O4S2. The van der Waals surface area contributed by atoms with Crippen molar-refractivity contribution in [2.75, 3.05) is 17.7 Å². The van der Waals surface area contributed by atoms with Crippen molar-refractivity contribution in [2.24, 2.45) is 4.99 Å². The Morgan fingerprint density at radius 3 is 2.56 bits per heavy atom. The number of hydrogen-bond donors (Lipinski definition) is 2. The number of amides is 2. The molecule has 1 aromatic heterocycles. The summed E-state index contributed by atoms with van der Waals surface area (Å²) in [5, 5.41) is 6.15. The summed E-state index contributed by atoms with van der Waals surface area (Å²) in [5.41, 5.74) is 2.16. The van der Waals surface area contributed by atoms with Crippen LogP contribution in [0.25, 0.3) is 11.3 Å². The highest BCUT2D eigenvalue weighted by atomic mass is 32.2. The van der Waals surface area contributed by atoms with Gasteiger partial charge in [0.05, 0.1) is 30.5 Å². The molecular weight excluding hydrogens is 472 g/mol. The summed E-state index contributed by atoms with van der Waals surface area (Å²) in [7, 11) is 0. The van der Waals surface area contributed by atoms with Crippen LogP contribution in [0.3, 0.4) is 0 Å². The zero-order chi connectivity index (χ0) is 23.9. The summed E-state index contributed by atoms with van der Waals surface area (Å²) in [5.74, 6) is -0.930. The van der Waals surface area contributed by atoms with Crippen LogP contribution in [0.5, 0.6) is 0 Å². The molecule has 2 N–H and O–H groups in total. The van der Waals surface area contributed by atoms with Crippen molar-refractivity contribution in [3.8, 4) is 11.3 Å². The average Bonchev–Trinajstić information content (AvgIpc) is 3.27. The first-order chi connectivity index (χ1) is 16.5. The van der Waals surface area contributed by atoms with Gasteiger partial charge in [-0.05, 0) is 12.5 Å². The number of aliphatic imine (C=N–C) groups is 1. The number of benzene rings is 2. The number of rotatable bonds is 7. The number of esters is 1. The molecule has 0 spiro atoms. The SMILES string of the molecule is CCOC(=O)c1sc(NC(=O)CSC2=NC(c3ccccc3)CC(=O)N2)nc1-c1ccccc1. The first-order valence-electron chi connectivity index (χ1n) is 10.6. The van der Waals surface area contributed by atoms with E-state index >= 15 is 0 Å². The molecule has 2 amide bonds. The number of nitrogens with zero attached hydrogens (tertiary/aromatic N) is 2. The van der Waals surface area contributed by atoms with E-state index in [0.29, 0.717) is 20.9 Å². The number of amidine groups is 1. The molecule has 0 aliphatic carbocycles. The molecule has 2 heterocycles. The molecule has 34 heavy (non-hydrogen) atoms. The number of carbonyl (C=O) groups excluding carboxylic acids is 3. The van der Waals surface area contributed by atoms with Gasteiger partial charge in [0.25, 0.3) is 0 Å². The van der Waals surface area contributed by atoms with Crippen molar-refractivity contribution < 1.29 is 19.1 Å². The van der Waals surface area contributed by atoms with Crippen LogP contribution in [0.4, 0.5) is 5.13 Å². The van der Waals surface area contributed by atoms with Gasteiger partial charge in [-0.15, -0.1) is 0 Å². The van der Waals surface area contributed by atoms with Crippen molar-refractivity contribution in [2.45, 2.75) is 19.4 Å². The third kappa shape index (κ3) is 5.89. The second-order valence-electron chi connectivity index (χ2n) is 7.23. The molecule has 3 aromatic rings. The number of aromatic nitrogens is 1. The lowest BCUT2D eigenvalue weighted by atomic mass is 10.0. The van der Waals surface area contributed by atoms with Crippen LogP contribution in [0.15, 0.2) is 65.7 Å². The molecule has 1 unspecified atom stereocenters. The Kier molecular flexibility index (Phi) is 7.71. The Labute approximate surface area is 204 Å². The van der Waals surface area contributed by atoms with Crippen molar-refractivity contribution in [3.63, 3.8) is 0 Å². The van der Waals surface area contributed by atoms with Gasteiger partial charge in [0, 0.05) is 5.56 Å². The molecule has 8 nitrogen and oxygen atoms in total. The van der Waals surface area contributed by atoms with Crippen LogP contribution in [0.1, 0.15) is 34.6 Å². The molecule has 0 saturated heterocycles. The minimum Gasteiger partial charge on any atom is -0.462 e. The summed E-state index contributed by atoms with van der Waals surface area (Å²) in [6, 6.07) is 18.5. The highest BCUT2D eigenvalue weighted by molar-refractivity contribution is 8.14. The monoisotopic (exact) mass is 494 g/mol. The van der Waals surface area contributed by atoms with Gasteiger partial charge in [-0.25, -0.2) is 9.78 Å². The third-order valence-corrected chi connectivity index (χ3v) is 6.64. The number of thioether (sulfide) groups is 1. The third-order valence-electron chi connectivity index (χ3n) is 4.80. The molecule has 1 aliphatic rings. The lowest BCUT2D eigenvalue weighted by Crippen LogP contribution is -2.35. The van der Waals surface area contributed by atoms with Crippen molar-refractivity contribution in [1.82, 2.24) is 10.3 Å². The fraction of sp³-hybridized carbons (Fsp3) is 0.208. The summed E-state index contributed by atoms with van der Waals surface area (Å²) >= 11 is 2.20. The van der Waals surface area contributed by atoms with Crippen LogP contribution in [-0.4, -0.2) is 40.3 Å². The fourth-order valence-corrected chi connectivity index (χ4v) is 4.92. The highest BCUT2D eigenvalue weighted by Gasteiger charge is 2.24. The highest BCUT2D eigenvalue weighted by Crippen LogP contribution is 2.32. The molecule has 0 bridgehead atoms. The Morgan fingerprint density at radius 1 is 1.15 bits per heavy atom. The molecule has 4 rings (SSSR count). The number of nitrogens with one attached hydrogen (secondary N) is 2. The smallest absolute Gasteiger partial charge is 0.350 e. The van der Waals surface area contributed by atoms with Crippen molar-refractivity contribution in [1.29, 1.82) is 0 Å². The van der Waals surface area contributed by atoms with Crippen LogP contribution >= 0.6 is 23.1 Å². The van der Waals surface area contributed by atoms with E-state index < -0.39 is 5.97 Å². The lowest BCUT2D eigenvalue weighted by Gasteiger charge is -2.20. The molecule has 1 aliphatic heterocycles. The second-order valence-corrected chi connectivity index (χ2v) is 9.20. The maximum absolute atomic E-state index is 12.6. The van der Waals surface area contributed by atoms with E-state index in [1.54, 1.807) is 6.92 Å². The minimum absolute atomic E-state index is 0.0234. The Balaban J connectivity index is 1.44. The summed E-state index contributed by atoms with van der Waals surface area (Å²) in [4.78, 5) is 46.5. The van der Waals surface area contributed by atoms with Crippen LogP contribution in [-0.2, 0) is 14.3 Å². The van der Waals surface area contributed by atoms with E-state index in [-0.39, 0.29) is 36.6 Å². The zero-order valence-corrected chi connectivity index (χ0v) is 19.9. The van der Waals surface area contributed by atoms with Crippen LogP contribution in [0.2, 0.25) is 0 Å². The Bertz CT molecular complexity index is 1210. The van der Waals surface area contributed by atoms with Crippen LogP contribution in [0, 0.1) is 0 Å². The number of ether oxygens (including phenoxy) is 1.